The standard InChI is InChI=1S/C22H23N3O3/c23-14-19-3-1-2-4-20(19)28-16-22(26)25-10-8-24(9-11-25)15-17-5-6-21-18(13-17)7-12-27-21/h1-6,13H,7-12,15-16H2. The average molecular weight is 377 g/mol. The average Bonchev–Trinajstić information content (AvgIpc) is 3.20. The van der Waals surface area contributed by atoms with Gasteiger partial charge in [-0.1, -0.05) is 24.3 Å². The van der Waals surface area contributed by atoms with Crippen LogP contribution in [0.5, 0.6) is 11.5 Å². The zero-order valence-electron chi connectivity index (χ0n) is 15.8. The molecule has 6 heteroatoms. The molecule has 0 radical (unpaired) electrons. The van der Waals surface area contributed by atoms with E-state index in [1.54, 1.807) is 24.3 Å². The fourth-order valence-corrected chi connectivity index (χ4v) is 3.67. The molecule has 4 rings (SSSR count). The van der Waals surface area contributed by atoms with Gasteiger partial charge in [-0.05, 0) is 29.3 Å². The molecule has 0 saturated carbocycles. The van der Waals surface area contributed by atoms with Crippen LogP contribution in [0.25, 0.3) is 0 Å². The quantitative estimate of drug-likeness (QED) is 0.799. The van der Waals surface area contributed by atoms with Crippen molar-refractivity contribution in [1.82, 2.24) is 9.80 Å². The SMILES string of the molecule is N#Cc1ccccc1OCC(=O)N1CCN(Cc2ccc3c(c2)CCO3)CC1. The molecule has 0 spiro atoms. The molecule has 6 nitrogen and oxygen atoms in total. The van der Waals surface area contributed by atoms with Gasteiger partial charge in [0.05, 0.1) is 12.2 Å². The van der Waals surface area contributed by atoms with Gasteiger partial charge in [-0.25, -0.2) is 0 Å². The number of piperazine rings is 1. The Kier molecular flexibility index (Phi) is 5.45. The molecule has 0 N–H and O–H groups in total. The first-order valence-electron chi connectivity index (χ1n) is 9.59. The maximum absolute atomic E-state index is 12.4. The fraction of sp³-hybridized carbons (Fsp3) is 0.364. The van der Waals surface area contributed by atoms with Gasteiger partial charge in [-0.15, -0.1) is 0 Å². The van der Waals surface area contributed by atoms with Crippen LogP contribution in [0.4, 0.5) is 0 Å². The molecule has 144 valence electrons. The number of ether oxygens (including phenoxy) is 2. The van der Waals surface area contributed by atoms with Gasteiger partial charge >= 0.3 is 0 Å². The van der Waals surface area contributed by atoms with Crippen molar-refractivity contribution in [1.29, 1.82) is 5.26 Å². The van der Waals surface area contributed by atoms with Gasteiger partial charge < -0.3 is 14.4 Å². The number of amides is 1. The van der Waals surface area contributed by atoms with Crippen LogP contribution in [0.3, 0.4) is 0 Å². The second kappa shape index (κ2) is 8.32. The number of nitriles is 1. The fourth-order valence-electron chi connectivity index (χ4n) is 3.67. The number of nitrogens with zero attached hydrogens (tertiary/aromatic N) is 3. The van der Waals surface area contributed by atoms with Crippen molar-refractivity contribution < 1.29 is 14.3 Å². The molecule has 2 aliphatic rings. The molecule has 0 atom stereocenters. The van der Waals surface area contributed by atoms with E-state index in [1.165, 1.54) is 11.1 Å². The Hall–Kier alpha value is -3.04. The third kappa shape index (κ3) is 4.10. The number of hydrogen-bond acceptors (Lipinski definition) is 5. The molecule has 1 amide bonds. The Labute approximate surface area is 164 Å². The van der Waals surface area contributed by atoms with Crippen LogP contribution in [0, 0.1) is 11.3 Å². The van der Waals surface area contributed by atoms with Crippen molar-refractivity contribution in [2.45, 2.75) is 13.0 Å². The summed E-state index contributed by atoms with van der Waals surface area (Å²) in [4.78, 5) is 16.7. The largest absolute Gasteiger partial charge is 0.493 e. The summed E-state index contributed by atoms with van der Waals surface area (Å²) in [6.07, 6.45) is 0.986. The van der Waals surface area contributed by atoms with E-state index in [1.807, 2.05) is 4.90 Å². The lowest BCUT2D eigenvalue weighted by molar-refractivity contribution is -0.135. The van der Waals surface area contributed by atoms with E-state index in [4.69, 9.17) is 14.7 Å². The van der Waals surface area contributed by atoms with E-state index < -0.39 is 0 Å². The molecular weight excluding hydrogens is 354 g/mol. The number of carbonyl (C=O) groups is 1. The van der Waals surface area contributed by atoms with Crippen molar-refractivity contribution in [3.63, 3.8) is 0 Å². The molecule has 2 aliphatic heterocycles. The predicted octanol–water partition coefficient (Wildman–Crippen LogP) is 2.22. The maximum atomic E-state index is 12.4. The number of hydrogen-bond donors (Lipinski definition) is 0. The molecule has 0 unspecified atom stereocenters. The number of para-hydroxylation sites is 1. The lowest BCUT2D eigenvalue weighted by atomic mass is 10.1. The minimum atomic E-state index is -0.0397. The number of fused-ring (bicyclic) bond motifs is 1. The van der Waals surface area contributed by atoms with Crippen LogP contribution < -0.4 is 9.47 Å². The van der Waals surface area contributed by atoms with Crippen LogP contribution >= 0.6 is 0 Å². The van der Waals surface area contributed by atoms with Gasteiger partial charge in [0.15, 0.2) is 6.61 Å². The van der Waals surface area contributed by atoms with E-state index in [-0.39, 0.29) is 12.5 Å². The summed E-state index contributed by atoms with van der Waals surface area (Å²) in [5.41, 5.74) is 3.03. The highest BCUT2D eigenvalue weighted by molar-refractivity contribution is 5.78. The maximum Gasteiger partial charge on any atom is 0.260 e. The Morgan fingerprint density at radius 3 is 2.79 bits per heavy atom. The van der Waals surface area contributed by atoms with Crippen molar-refractivity contribution in [3.8, 4) is 17.6 Å². The minimum Gasteiger partial charge on any atom is -0.493 e. The molecule has 0 aromatic heterocycles. The van der Waals surface area contributed by atoms with Crippen LogP contribution in [0.15, 0.2) is 42.5 Å². The summed E-state index contributed by atoms with van der Waals surface area (Å²) < 4.78 is 11.1. The molecule has 2 aromatic rings. The third-order valence-electron chi connectivity index (χ3n) is 5.24. The summed E-state index contributed by atoms with van der Waals surface area (Å²) in [5, 5.41) is 9.10. The van der Waals surface area contributed by atoms with E-state index >= 15 is 0 Å². The lowest BCUT2D eigenvalue weighted by Gasteiger charge is -2.34. The highest BCUT2D eigenvalue weighted by Crippen LogP contribution is 2.26. The molecule has 1 fully saturated rings. The van der Waals surface area contributed by atoms with Crippen molar-refractivity contribution in [2.75, 3.05) is 39.4 Å². The smallest absolute Gasteiger partial charge is 0.260 e. The zero-order valence-corrected chi connectivity index (χ0v) is 15.8. The summed E-state index contributed by atoms with van der Waals surface area (Å²) in [6.45, 7) is 4.69. The Balaban J connectivity index is 1.26. The number of benzene rings is 2. The first-order valence-corrected chi connectivity index (χ1v) is 9.59. The van der Waals surface area contributed by atoms with Crippen LogP contribution in [-0.2, 0) is 17.8 Å². The van der Waals surface area contributed by atoms with E-state index in [9.17, 15) is 4.79 Å². The third-order valence-corrected chi connectivity index (χ3v) is 5.24. The molecule has 0 aliphatic carbocycles. The van der Waals surface area contributed by atoms with E-state index in [0.29, 0.717) is 24.4 Å². The number of carbonyl (C=O) groups excluding carboxylic acids is 1. The van der Waals surface area contributed by atoms with Crippen LogP contribution in [0.2, 0.25) is 0 Å². The Morgan fingerprint density at radius 1 is 1.14 bits per heavy atom. The van der Waals surface area contributed by atoms with Gasteiger partial charge in [-0.3, -0.25) is 9.69 Å². The highest BCUT2D eigenvalue weighted by atomic mass is 16.5. The molecule has 2 aromatic carbocycles. The summed E-state index contributed by atoms with van der Waals surface area (Å²) >= 11 is 0. The lowest BCUT2D eigenvalue weighted by Crippen LogP contribution is -2.49. The predicted molar refractivity (Wildman–Crippen MR) is 104 cm³/mol. The van der Waals surface area contributed by atoms with E-state index in [0.717, 1.165) is 38.4 Å². The van der Waals surface area contributed by atoms with Crippen LogP contribution in [0.1, 0.15) is 16.7 Å². The first-order chi connectivity index (χ1) is 13.7. The van der Waals surface area contributed by atoms with Crippen molar-refractivity contribution >= 4 is 5.91 Å². The second-order valence-electron chi connectivity index (χ2n) is 7.09. The monoisotopic (exact) mass is 377 g/mol. The molecule has 28 heavy (non-hydrogen) atoms. The zero-order chi connectivity index (χ0) is 19.3. The van der Waals surface area contributed by atoms with Crippen molar-refractivity contribution in [3.05, 3.63) is 59.2 Å². The van der Waals surface area contributed by atoms with E-state index in [2.05, 4.69) is 29.2 Å². The summed E-state index contributed by atoms with van der Waals surface area (Å²) in [7, 11) is 0. The molecule has 2 heterocycles. The van der Waals surface area contributed by atoms with Crippen molar-refractivity contribution in [2.24, 2.45) is 0 Å². The first kappa shape index (κ1) is 18.3. The van der Waals surface area contributed by atoms with Gasteiger partial charge in [-0.2, -0.15) is 5.26 Å². The summed E-state index contributed by atoms with van der Waals surface area (Å²) in [5.74, 6) is 1.43. The number of rotatable bonds is 5. The topological polar surface area (TPSA) is 65.8 Å². The Bertz CT molecular complexity index is 898. The second-order valence-corrected chi connectivity index (χ2v) is 7.09. The normalized spacial score (nSPS) is 16.2. The minimum absolute atomic E-state index is 0.0382. The molecule has 0 bridgehead atoms. The van der Waals surface area contributed by atoms with Gasteiger partial charge in [0.1, 0.15) is 17.6 Å². The molecule has 1 saturated heterocycles. The van der Waals surface area contributed by atoms with Gasteiger partial charge in [0.2, 0.25) is 0 Å². The van der Waals surface area contributed by atoms with Gasteiger partial charge in [0.25, 0.3) is 5.91 Å². The van der Waals surface area contributed by atoms with Crippen LogP contribution in [-0.4, -0.2) is 55.1 Å². The van der Waals surface area contributed by atoms with Gasteiger partial charge in [0, 0.05) is 39.1 Å². The Morgan fingerprint density at radius 2 is 1.96 bits per heavy atom. The summed E-state index contributed by atoms with van der Waals surface area (Å²) in [6, 6.07) is 15.5. The molecular formula is C22H23N3O3. The highest BCUT2D eigenvalue weighted by Gasteiger charge is 2.22.